The first-order valence-corrected chi connectivity index (χ1v) is 4.65. The van der Waals surface area contributed by atoms with E-state index in [4.69, 9.17) is 5.11 Å². The third kappa shape index (κ3) is 3.30. The molecule has 0 aromatic heterocycles. The number of non-ortho nitro benzene ring substituents is 1. The highest BCUT2D eigenvalue weighted by molar-refractivity contribution is 5.66. The van der Waals surface area contributed by atoms with E-state index in [-0.39, 0.29) is 30.5 Å². The van der Waals surface area contributed by atoms with Crippen LogP contribution in [0.3, 0.4) is 0 Å². The molecule has 1 aromatic carbocycles. The van der Waals surface area contributed by atoms with Gasteiger partial charge in [0.05, 0.1) is 4.92 Å². The van der Waals surface area contributed by atoms with E-state index in [0.717, 1.165) is 18.2 Å². The summed E-state index contributed by atoms with van der Waals surface area (Å²) >= 11 is 0. The zero-order valence-electron chi connectivity index (χ0n) is 8.35. The van der Waals surface area contributed by atoms with E-state index < -0.39 is 16.7 Å². The molecule has 0 radical (unpaired) electrons. The minimum Gasteiger partial charge on any atom is -0.481 e. The number of hydrogen-bond acceptors (Lipinski definition) is 3. The second-order valence-electron chi connectivity index (χ2n) is 3.28. The minimum atomic E-state index is -0.967. The molecule has 1 aromatic rings. The molecule has 86 valence electrons. The smallest absolute Gasteiger partial charge is 0.303 e. The van der Waals surface area contributed by atoms with Crippen LogP contribution in [-0.4, -0.2) is 16.0 Å². The average Bonchev–Trinajstić information content (AvgIpc) is 2.20. The Labute approximate surface area is 90.7 Å². The SMILES string of the molecule is O=C(O)CCCc1cc([N+](=O)[O-])ccc1F. The van der Waals surface area contributed by atoms with Gasteiger partial charge in [-0.15, -0.1) is 0 Å². The Morgan fingerprint density at radius 1 is 1.50 bits per heavy atom. The Balaban J connectivity index is 2.74. The van der Waals surface area contributed by atoms with E-state index in [1.54, 1.807) is 0 Å². The number of nitro groups is 1. The summed E-state index contributed by atoms with van der Waals surface area (Å²) in [5, 5.41) is 18.8. The van der Waals surface area contributed by atoms with Gasteiger partial charge < -0.3 is 5.11 Å². The normalized spacial score (nSPS) is 10.1. The van der Waals surface area contributed by atoms with E-state index in [2.05, 4.69) is 0 Å². The fourth-order valence-corrected chi connectivity index (χ4v) is 1.30. The monoisotopic (exact) mass is 227 g/mol. The van der Waals surface area contributed by atoms with Gasteiger partial charge in [0, 0.05) is 18.6 Å². The molecule has 5 nitrogen and oxygen atoms in total. The predicted molar refractivity (Wildman–Crippen MR) is 53.6 cm³/mol. The molecule has 0 aliphatic heterocycles. The van der Waals surface area contributed by atoms with Gasteiger partial charge in [0.25, 0.3) is 5.69 Å². The van der Waals surface area contributed by atoms with Gasteiger partial charge in [0.15, 0.2) is 0 Å². The molecule has 0 saturated carbocycles. The van der Waals surface area contributed by atoms with Gasteiger partial charge in [-0.2, -0.15) is 0 Å². The number of carbonyl (C=O) groups is 1. The topological polar surface area (TPSA) is 80.4 Å². The average molecular weight is 227 g/mol. The summed E-state index contributed by atoms with van der Waals surface area (Å²) in [5.74, 6) is -1.51. The molecule has 0 bridgehead atoms. The van der Waals surface area contributed by atoms with Crippen LogP contribution in [0.2, 0.25) is 0 Å². The van der Waals surface area contributed by atoms with Crippen molar-refractivity contribution in [2.24, 2.45) is 0 Å². The fraction of sp³-hybridized carbons (Fsp3) is 0.300. The first kappa shape index (κ1) is 12.1. The molecule has 0 aliphatic rings. The van der Waals surface area contributed by atoms with E-state index in [1.165, 1.54) is 0 Å². The first-order valence-electron chi connectivity index (χ1n) is 4.65. The summed E-state index contributed by atoms with van der Waals surface area (Å²) in [7, 11) is 0. The summed E-state index contributed by atoms with van der Waals surface area (Å²) < 4.78 is 13.2. The van der Waals surface area contributed by atoms with E-state index >= 15 is 0 Å². The van der Waals surface area contributed by atoms with Crippen LogP contribution >= 0.6 is 0 Å². The molecule has 0 atom stereocenters. The number of halogens is 1. The van der Waals surface area contributed by atoms with Crippen LogP contribution in [0.15, 0.2) is 18.2 Å². The molecule has 6 heteroatoms. The lowest BCUT2D eigenvalue weighted by atomic mass is 10.1. The molecule has 1 N–H and O–H groups in total. The van der Waals surface area contributed by atoms with Gasteiger partial charge in [-0.1, -0.05) is 0 Å². The van der Waals surface area contributed by atoms with Crippen LogP contribution in [0.4, 0.5) is 10.1 Å². The number of benzene rings is 1. The van der Waals surface area contributed by atoms with Crippen LogP contribution in [0.5, 0.6) is 0 Å². The van der Waals surface area contributed by atoms with Gasteiger partial charge in [0.1, 0.15) is 5.82 Å². The maximum atomic E-state index is 13.2. The van der Waals surface area contributed by atoms with Crippen molar-refractivity contribution in [1.82, 2.24) is 0 Å². The molecule has 0 aliphatic carbocycles. The standard InChI is InChI=1S/C10H10FNO4/c11-9-5-4-8(12(15)16)6-7(9)2-1-3-10(13)14/h4-6H,1-3H2,(H,13,14). The lowest BCUT2D eigenvalue weighted by molar-refractivity contribution is -0.385. The molecule has 0 unspecified atom stereocenters. The van der Waals surface area contributed by atoms with Gasteiger partial charge in [-0.05, 0) is 24.5 Å². The Kier molecular flexibility index (Phi) is 3.93. The highest BCUT2D eigenvalue weighted by Crippen LogP contribution is 2.18. The van der Waals surface area contributed by atoms with E-state index in [1.807, 2.05) is 0 Å². The summed E-state index contributed by atoms with van der Waals surface area (Å²) in [5.41, 5.74) is -0.0119. The molecule has 1 rings (SSSR count). The number of nitro benzene ring substituents is 1. The van der Waals surface area contributed by atoms with Crippen molar-refractivity contribution in [3.05, 3.63) is 39.7 Å². The van der Waals surface area contributed by atoms with Crippen LogP contribution in [0, 0.1) is 15.9 Å². The number of carboxylic acids is 1. The van der Waals surface area contributed by atoms with Gasteiger partial charge in [-0.3, -0.25) is 14.9 Å². The zero-order chi connectivity index (χ0) is 12.1. The molecule has 0 saturated heterocycles. The number of aryl methyl sites for hydroxylation is 1. The van der Waals surface area contributed by atoms with Crippen LogP contribution in [0.1, 0.15) is 18.4 Å². The summed E-state index contributed by atoms with van der Waals surface area (Å²) in [6.45, 7) is 0. The van der Waals surface area contributed by atoms with Crippen molar-refractivity contribution in [3.8, 4) is 0 Å². The number of carboxylic acid groups (broad SMARTS) is 1. The number of hydrogen-bond donors (Lipinski definition) is 1. The largest absolute Gasteiger partial charge is 0.481 e. The number of rotatable bonds is 5. The van der Waals surface area contributed by atoms with Gasteiger partial charge >= 0.3 is 5.97 Å². The van der Waals surface area contributed by atoms with Crippen LogP contribution in [0.25, 0.3) is 0 Å². The molecule has 0 fully saturated rings. The van der Waals surface area contributed by atoms with Crippen molar-refractivity contribution < 1.29 is 19.2 Å². The molecule has 0 spiro atoms. The first-order chi connectivity index (χ1) is 7.50. The Hall–Kier alpha value is -1.98. The second-order valence-corrected chi connectivity index (χ2v) is 3.28. The fourth-order valence-electron chi connectivity index (χ4n) is 1.30. The quantitative estimate of drug-likeness (QED) is 0.617. The van der Waals surface area contributed by atoms with Crippen LogP contribution in [-0.2, 0) is 11.2 Å². The number of aliphatic carboxylic acids is 1. The minimum absolute atomic E-state index is 0.0812. The molecule has 0 amide bonds. The Morgan fingerprint density at radius 2 is 2.19 bits per heavy atom. The maximum Gasteiger partial charge on any atom is 0.303 e. The highest BCUT2D eigenvalue weighted by Gasteiger charge is 2.10. The highest BCUT2D eigenvalue weighted by atomic mass is 19.1. The van der Waals surface area contributed by atoms with Crippen molar-refractivity contribution in [3.63, 3.8) is 0 Å². The molecular formula is C10H10FNO4. The van der Waals surface area contributed by atoms with Crippen molar-refractivity contribution in [2.45, 2.75) is 19.3 Å². The third-order valence-electron chi connectivity index (χ3n) is 2.08. The molecule has 16 heavy (non-hydrogen) atoms. The van der Waals surface area contributed by atoms with Crippen molar-refractivity contribution >= 4 is 11.7 Å². The van der Waals surface area contributed by atoms with E-state index in [0.29, 0.717) is 0 Å². The lowest BCUT2D eigenvalue weighted by Crippen LogP contribution is -1.98. The zero-order valence-corrected chi connectivity index (χ0v) is 8.35. The van der Waals surface area contributed by atoms with Gasteiger partial charge in [0.2, 0.25) is 0 Å². The lowest BCUT2D eigenvalue weighted by Gasteiger charge is -2.01. The second kappa shape index (κ2) is 5.20. The van der Waals surface area contributed by atoms with E-state index in [9.17, 15) is 19.3 Å². The van der Waals surface area contributed by atoms with Crippen molar-refractivity contribution in [1.29, 1.82) is 0 Å². The summed E-state index contributed by atoms with van der Waals surface area (Å²) in [4.78, 5) is 20.1. The van der Waals surface area contributed by atoms with Crippen LogP contribution < -0.4 is 0 Å². The number of nitrogens with zero attached hydrogens (tertiary/aromatic N) is 1. The molecular weight excluding hydrogens is 217 g/mol. The molecule has 0 heterocycles. The maximum absolute atomic E-state index is 13.2. The summed E-state index contributed by atoms with van der Waals surface area (Å²) in [6, 6.07) is 3.24. The summed E-state index contributed by atoms with van der Waals surface area (Å²) in [6.07, 6.45) is 0.357. The van der Waals surface area contributed by atoms with Gasteiger partial charge in [-0.25, -0.2) is 4.39 Å². The third-order valence-corrected chi connectivity index (χ3v) is 2.08. The van der Waals surface area contributed by atoms with Crippen molar-refractivity contribution in [2.75, 3.05) is 0 Å². The predicted octanol–water partition coefficient (Wildman–Crippen LogP) is 2.14. The Bertz CT molecular complexity index is 419. The Morgan fingerprint density at radius 3 is 2.75 bits per heavy atom.